The molecule has 1 unspecified atom stereocenters. The van der Waals surface area contributed by atoms with Crippen molar-refractivity contribution in [3.05, 3.63) is 55.0 Å². The van der Waals surface area contributed by atoms with Gasteiger partial charge in [-0.15, -0.1) is 0 Å². The number of hydrogen-bond acceptors (Lipinski definition) is 5. The van der Waals surface area contributed by atoms with Crippen LogP contribution in [0.5, 0.6) is 0 Å². The van der Waals surface area contributed by atoms with E-state index in [0.717, 1.165) is 21.5 Å². The fourth-order valence-corrected chi connectivity index (χ4v) is 3.06. The van der Waals surface area contributed by atoms with Gasteiger partial charge in [0.05, 0.1) is 6.42 Å². The van der Waals surface area contributed by atoms with Crippen molar-refractivity contribution in [2.45, 2.75) is 32.9 Å². The van der Waals surface area contributed by atoms with Crippen LogP contribution >= 0.6 is 27.3 Å². The van der Waals surface area contributed by atoms with Crippen molar-refractivity contribution in [2.24, 2.45) is 0 Å². The summed E-state index contributed by atoms with van der Waals surface area (Å²) in [6, 6.07) is 6.86. The summed E-state index contributed by atoms with van der Waals surface area (Å²) in [4.78, 5) is 35.5. The Morgan fingerprint density at radius 1 is 1.30 bits per heavy atom. The van der Waals surface area contributed by atoms with E-state index in [1.165, 1.54) is 4.57 Å². The maximum atomic E-state index is 12.2. The molecule has 0 fully saturated rings. The number of esters is 1. The van der Waals surface area contributed by atoms with Gasteiger partial charge in [0.15, 0.2) is 6.10 Å². The Bertz CT molecular complexity index is 763. The minimum atomic E-state index is -0.857. The lowest BCUT2D eigenvalue weighted by Crippen LogP contribution is -2.26. The summed E-state index contributed by atoms with van der Waals surface area (Å²) in [7, 11) is 0. The first-order valence-electron chi connectivity index (χ1n) is 7.02. The molecule has 0 N–H and O–H groups in total. The average molecular weight is 398 g/mol. The highest BCUT2D eigenvalue weighted by atomic mass is 79.9. The lowest BCUT2D eigenvalue weighted by molar-refractivity contribution is -0.146. The summed E-state index contributed by atoms with van der Waals surface area (Å²) < 4.78 is 7.55. The number of rotatable bonds is 6. The van der Waals surface area contributed by atoms with E-state index in [1.807, 2.05) is 6.92 Å². The molecule has 1 aromatic carbocycles. The Hall–Kier alpha value is -1.73. The molecule has 7 heteroatoms. The number of thiazole rings is 1. The largest absolute Gasteiger partial charge is 0.454 e. The fourth-order valence-electron chi connectivity index (χ4n) is 2.04. The molecule has 2 aromatic rings. The first kappa shape index (κ1) is 17.6. The van der Waals surface area contributed by atoms with Gasteiger partial charge < -0.3 is 9.30 Å². The maximum Gasteiger partial charge on any atom is 0.308 e. The lowest BCUT2D eigenvalue weighted by atomic mass is 10.1. The van der Waals surface area contributed by atoms with Crippen LogP contribution in [-0.4, -0.2) is 22.4 Å². The predicted octanol–water partition coefficient (Wildman–Crippen LogP) is 3.19. The van der Waals surface area contributed by atoms with Crippen LogP contribution in [-0.2, 0) is 16.1 Å². The number of ether oxygens (including phenoxy) is 1. The first-order valence-corrected chi connectivity index (χ1v) is 8.70. The van der Waals surface area contributed by atoms with E-state index < -0.39 is 12.1 Å². The lowest BCUT2D eigenvalue weighted by Gasteiger charge is -2.12. The minimum Gasteiger partial charge on any atom is -0.454 e. The van der Waals surface area contributed by atoms with E-state index in [9.17, 15) is 14.4 Å². The molecule has 0 aliphatic rings. The summed E-state index contributed by atoms with van der Waals surface area (Å²) in [6.45, 7) is 3.61. The molecule has 122 valence electrons. The van der Waals surface area contributed by atoms with Crippen molar-refractivity contribution < 1.29 is 14.3 Å². The third-order valence-corrected chi connectivity index (χ3v) is 4.73. The number of Topliss-reactive ketones (excluding diaryl/α,β-unsaturated/α-hetero) is 1. The average Bonchev–Trinajstić information content (AvgIpc) is 2.84. The highest BCUT2D eigenvalue weighted by Gasteiger charge is 2.19. The SMILES string of the molecule is Cc1csc(=O)n1CCC(=O)OC(C)C(=O)c1ccc(Br)cc1. The van der Waals surface area contributed by atoms with Crippen molar-refractivity contribution in [3.8, 4) is 0 Å². The van der Waals surface area contributed by atoms with E-state index in [1.54, 1.807) is 36.6 Å². The van der Waals surface area contributed by atoms with Crippen molar-refractivity contribution >= 4 is 39.0 Å². The van der Waals surface area contributed by atoms with Crippen LogP contribution in [0.15, 0.2) is 38.9 Å². The zero-order valence-corrected chi connectivity index (χ0v) is 15.1. The molecule has 5 nitrogen and oxygen atoms in total. The van der Waals surface area contributed by atoms with Gasteiger partial charge >= 0.3 is 10.8 Å². The maximum absolute atomic E-state index is 12.2. The molecule has 23 heavy (non-hydrogen) atoms. The van der Waals surface area contributed by atoms with Gasteiger partial charge in [-0.25, -0.2) is 0 Å². The van der Waals surface area contributed by atoms with Crippen molar-refractivity contribution in [2.75, 3.05) is 0 Å². The summed E-state index contributed by atoms with van der Waals surface area (Å²) in [6.07, 6.45) is -0.806. The summed E-state index contributed by atoms with van der Waals surface area (Å²) in [5.74, 6) is -0.754. The van der Waals surface area contributed by atoms with Crippen LogP contribution in [0.4, 0.5) is 0 Å². The second kappa shape index (κ2) is 7.70. The third-order valence-electron chi connectivity index (χ3n) is 3.32. The second-order valence-corrected chi connectivity index (χ2v) is 6.78. The summed E-state index contributed by atoms with van der Waals surface area (Å²) in [5, 5.41) is 1.74. The number of carbonyl (C=O) groups is 2. The van der Waals surface area contributed by atoms with Crippen LogP contribution < -0.4 is 4.87 Å². The van der Waals surface area contributed by atoms with Crippen LogP contribution in [0, 0.1) is 6.92 Å². The molecule has 1 heterocycles. The highest BCUT2D eigenvalue weighted by molar-refractivity contribution is 9.10. The monoisotopic (exact) mass is 397 g/mol. The van der Waals surface area contributed by atoms with Gasteiger partial charge in [-0.2, -0.15) is 0 Å². The van der Waals surface area contributed by atoms with Crippen LogP contribution in [0.2, 0.25) is 0 Å². The van der Waals surface area contributed by atoms with Crippen molar-refractivity contribution in [3.63, 3.8) is 0 Å². The highest BCUT2D eigenvalue weighted by Crippen LogP contribution is 2.13. The third kappa shape index (κ3) is 4.62. The molecule has 0 radical (unpaired) electrons. The van der Waals surface area contributed by atoms with E-state index >= 15 is 0 Å². The number of carbonyl (C=O) groups excluding carboxylic acids is 2. The summed E-state index contributed by atoms with van der Waals surface area (Å²) in [5.41, 5.74) is 1.30. The van der Waals surface area contributed by atoms with Crippen LogP contribution in [0.25, 0.3) is 0 Å². The molecule has 0 bridgehead atoms. The quantitative estimate of drug-likeness (QED) is 0.554. The second-order valence-electron chi connectivity index (χ2n) is 5.05. The van der Waals surface area contributed by atoms with E-state index in [2.05, 4.69) is 15.9 Å². The Morgan fingerprint density at radius 2 is 1.96 bits per heavy atom. The summed E-state index contributed by atoms with van der Waals surface area (Å²) >= 11 is 4.40. The molecular formula is C16H16BrNO4S. The van der Waals surface area contributed by atoms with Gasteiger partial charge in [0.25, 0.3) is 0 Å². The molecule has 1 aromatic heterocycles. The van der Waals surface area contributed by atoms with Crippen LogP contribution in [0.1, 0.15) is 29.4 Å². The van der Waals surface area contributed by atoms with Gasteiger partial charge in [0.2, 0.25) is 5.78 Å². The van der Waals surface area contributed by atoms with Crippen molar-refractivity contribution in [1.29, 1.82) is 0 Å². The zero-order chi connectivity index (χ0) is 17.0. The zero-order valence-electron chi connectivity index (χ0n) is 12.7. The Kier molecular flexibility index (Phi) is 5.90. The first-order chi connectivity index (χ1) is 10.9. The number of aryl methyl sites for hydroxylation is 1. The number of aromatic nitrogens is 1. The molecule has 0 saturated heterocycles. The van der Waals surface area contributed by atoms with Gasteiger partial charge in [-0.05, 0) is 26.0 Å². The van der Waals surface area contributed by atoms with E-state index in [0.29, 0.717) is 5.56 Å². The van der Waals surface area contributed by atoms with E-state index in [4.69, 9.17) is 4.74 Å². The normalized spacial score (nSPS) is 12.0. The molecule has 0 aliphatic heterocycles. The standard InChI is InChI=1S/C16H16BrNO4S/c1-10-9-23-16(21)18(10)8-7-14(19)22-11(2)15(20)12-3-5-13(17)6-4-12/h3-6,9,11H,7-8H2,1-2H3. The van der Waals surface area contributed by atoms with Crippen LogP contribution in [0.3, 0.4) is 0 Å². The van der Waals surface area contributed by atoms with E-state index in [-0.39, 0.29) is 23.6 Å². The van der Waals surface area contributed by atoms with Gasteiger partial charge in [-0.1, -0.05) is 39.4 Å². The Labute approximate surface area is 146 Å². The minimum absolute atomic E-state index is 0.0510. The predicted molar refractivity (Wildman–Crippen MR) is 92.0 cm³/mol. The molecule has 1 atom stereocenters. The molecule has 0 saturated carbocycles. The van der Waals surface area contributed by atoms with Gasteiger partial charge in [0.1, 0.15) is 0 Å². The number of halogens is 1. The molecule has 0 amide bonds. The number of nitrogens with zero attached hydrogens (tertiary/aromatic N) is 1. The number of ketones is 1. The molecule has 0 aliphatic carbocycles. The Balaban J connectivity index is 1.90. The van der Waals surface area contributed by atoms with Gasteiger partial charge in [-0.3, -0.25) is 14.4 Å². The van der Waals surface area contributed by atoms with Crippen molar-refractivity contribution in [1.82, 2.24) is 4.57 Å². The van der Waals surface area contributed by atoms with Gasteiger partial charge in [0, 0.05) is 27.7 Å². The molecule has 2 rings (SSSR count). The number of benzene rings is 1. The number of hydrogen-bond donors (Lipinski definition) is 0. The smallest absolute Gasteiger partial charge is 0.308 e. The molecular weight excluding hydrogens is 382 g/mol. The topological polar surface area (TPSA) is 65.4 Å². The fraction of sp³-hybridized carbons (Fsp3) is 0.312. The Morgan fingerprint density at radius 3 is 2.52 bits per heavy atom. The molecule has 0 spiro atoms.